The summed E-state index contributed by atoms with van der Waals surface area (Å²) in [6.07, 6.45) is 6.22. The molecule has 1 saturated heterocycles. The van der Waals surface area contributed by atoms with Gasteiger partial charge in [0.2, 0.25) is 15.9 Å². The highest BCUT2D eigenvalue weighted by molar-refractivity contribution is 7.89. The summed E-state index contributed by atoms with van der Waals surface area (Å²) in [4.78, 5) is 27.2. The van der Waals surface area contributed by atoms with Crippen molar-refractivity contribution < 1.29 is 13.2 Å². The quantitative estimate of drug-likeness (QED) is 0.551. The molecule has 3 heterocycles. The summed E-state index contributed by atoms with van der Waals surface area (Å²) >= 11 is 0. The summed E-state index contributed by atoms with van der Waals surface area (Å²) in [7, 11) is -3.77. The number of nitrogens with one attached hydrogen (secondary N) is 2. The van der Waals surface area contributed by atoms with Crippen molar-refractivity contribution in [3.63, 3.8) is 0 Å². The lowest BCUT2D eigenvalue weighted by molar-refractivity contribution is -0.128. The van der Waals surface area contributed by atoms with Crippen LogP contribution in [0.3, 0.4) is 0 Å². The van der Waals surface area contributed by atoms with Crippen molar-refractivity contribution in [2.75, 3.05) is 18.0 Å². The summed E-state index contributed by atoms with van der Waals surface area (Å²) in [5.74, 6) is 0.873. The molecule has 3 aromatic rings. The Morgan fingerprint density at radius 1 is 1.29 bits per heavy atom. The number of aromatic amines is 1. The number of anilines is 1. The van der Waals surface area contributed by atoms with Gasteiger partial charge in [0.05, 0.1) is 10.3 Å². The van der Waals surface area contributed by atoms with E-state index in [1.165, 1.54) is 12.1 Å². The lowest BCUT2D eigenvalue weighted by Gasteiger charge is -2.39. The maximum Gasteiger partial charge on any atom is 0.238 e. The van der Waals surface area contributed by atoms with Crippen molar-refractivity contribution in [3.05, 3.63) is 48.4 Å². The molecule has 2 aliphatic rings. The number of nitrogens with zero attached hydrogens (tertiary/aromatic N) is 3. The van der Waals surface area contributed by atoms with E-state index in [-0.39, 0.29) is 28.7 Å². The molecule has 1 unspecified atom stereocenters. The lowest BCUT2D eigenvalue weighted by Crippen LogP contribution is -2.48. The molecule has 162 valence electrons. The van der Waals surface area contributed by atoms with Crippen molar-refractivity contribution in [1.82, 2.24) is 20.3 Å². The van der Waals surface area contributed by atoms with E-state index in [1.807, 2.05) is 12.3 Å². The molecule has 5 rings (SSSR count). The Morgan fingerprint density at radius 2 is 2.13 bits per heavy atom. The van der Waals surface area contributed by atoms with Gasteiger partial charge in [-0.15, -0.1) is 0 Å². The number of sulfonamides is 1. The van der Waals surface area contributed by atoms with Gasteiger partial charge in [-0.1, -0.05) is 12.1 Å². The third-order valence-corrected chi connectivity index (χ3v) is 7.38. The molecular formula is C21H24N6O3S. The van der Waals surface area contributed by atoms with Gasteiger partial charge in [0.15, 0.2) is 0 Å². The van der Waals surface area contributed by atoms with Gasteiger partial charge in [-0.3, -0.25) is 4.79 Å². The number of piperidine rings is 1. The molecule has 0 bridgehead atoms. The molecule has 0 radical (unpaired) electrons. The van der Waals surface area contributed by atoms with Gasteiger partial charge in [0.25, 0.3) is 0 Å². The molecular weight excluding hydrogens is 416 g/mol. The SMILES string of the molecule is NS(=O)(=O)c1cccc(CNC(=O)C2CCN(c3ncnc4[nH]ccc34)CC23CC3)c1. The molecule has 2 fully saturated rings. The first-order valence-corrected chi connectivity index (χ1v) is 11.8. The number of carbonyl (C=O) groups is 1. The van der Waals surface area contributed by atoms with Crippen LogP contribution < -0.4 is 15.4 Å². The number of hydrogen-bond donors (Lipinski definition) is 3. The lowest BCUT2D eigenvalue weighted by atomic mass is 9.81. The van der Waals surface area contributed by atoms with Crippen LogP contribution in [0.1, 0.15) is 24.8 Å². The molecule has 1 spiro atoms. The predicted molar refractivity (Wildman–Crippen MR) is 116 cm³/mol. The summed E-state index contributed by atoms with van der Waals surface area (Å²) in [5, 5.41) is 9.20. The van der Waals surface area contributed by atoms with E-state index in [1.54, 1.807) is 18.5 Å². The predicted octanol–water partition coefficient (Wildman–Crippen LogP) is 1.53. The van der Waals surface area contributed by atoms with Crippen LogP contribution in [0.4, 0.5) is 5.82 Å². The second-order valence-electron chi connectivity index (χ2n) is 8.47. The zero-order chi connectivity index (χ0) is 21.6. The van der Waals surface area contributed by atoms with Gasteiger partial charge in [0.1, 0.15) is 17.8 Å². The Labute approximate surface area is 180 Å². The first kappa shape index (κ1) is 20.0. The van der Waals surface area contributed by atoms with Crippen LogP contribution in [-0.2, 0) is 21.4 Å². The summed E-state index contributed by atoms with van der Waals surface area (Å²) < 4.78 is 23.1. The fourth-order valence-corrected chi connectivity index (χ4v) is 5.26. The fraction of sp³-hybridized carbons (Fsp3) is 0.381. The average Bonchev–Trinajstić information content (AvgIpc) is 3.33. The Hall–Kier alpha value is -2.98. The van der Waals surface area contributed by atoms with Gasteiger partial charge < -0.3 is 15.2 Å². The molecule has 9 nitrogen and oxygen atoms in total. The van der Waals surface area contributed by atoms with E-state index in [4.69, 9.17) is 5.14 Å². The number of aromatic nitrogens is 3. The third kappa shape index (κ3) is 3.77. The maximum atomic E-state index is 13.0. The molecule has 4 N–H and O–H groups in total. The van der Waals surface area contributed by atoms with Crippen LogP contribution in [0.25, 0.3) is 11.0 Å². The molecule has 1 amide bonds. The second kappa shape index (κ2) is 7.31. The number of rotatable bonds is 5. The van der Waals surface area contributed by atoms with Crippen molar-refractivity contribution >= 4 is 32.8 Å². The van der Waals surface area contributed by atoms with Crippen molar-refractivity contribution in [2.45, 2.75) is 30.7 Å². The normalized spacial score (nSPS) is 20.2. The number of fused-ring (bicyclic) bond motifs is 1. The number of carbonyl (C=O) groups excluding carboxylic acids is 1. The van der Waals surface area contributed by atoms with E-state index >= 15 is 0 Å². The standard InChI is InChI=1S/C21H24N6O3S/c22-31(29,30)15-3-1-2-14(10-15)11-24-20(28)17-5-9-27(12-21(17)6-7-21)19-16-4-8-23-18(16)25-13-26-19/h1-4,8,10,13,17H,5-7,9,11-12H2,(H,24,28)(H2,22,29,30)(H,23,25,26). The van der Waals surface area contributed by atoms with Crippen molar-refractivity contribution in [3.8, 4) is 0 Å². The summed E-state index contributed by atoms with van der Waals surface area (Å²) in [6.45, 7) is 1.82. The Morgan fingerprint density at radius 3 is 2.90 bits per heavy atom. The monoisotopic (exact) mass is 440 g/mol. The van der Waals surface area contributed by atoms with Crippen LogP contribution in [0.5, 0.6) is 0 Å². The minimum Gasteiger partial charge on any atom is -0.355 e. The van der Waals surface area contributed by atoms with Crippen LogP contribution in [0, 0.1) is 11.3 Å². The molecule has 1 atom stereocenters. The third-order valence-electron chi connectivity index (χ3n) is 6.47. The molecule has 1 saturated carbocycles. The fourth-order valence-electron chi connectivity index (χ4n) is 4.67. The van der Waals surface area contributed by atoms with Gasteiger partial charge in [-0.25, -0.2) is 23.5 Å². The molecule has 2 aromatic heterocycles. The van der Waals surface area contributed by atoms with E-state index in [0.29, 0.717) is 5.56 Å². The summed E-state index contributed by atoms with van der Waals surface area (Å²) in [6, 6.07) is 8.35. The number of nitrogens with two attached hydrogens (primary N) is 1. The molecule has 10 heteroatoms. The first-order valence-electron chi connectivity index (χ1n) is 10.3. The highest BCUT2D eigenvalue weighted by Gasteiger charge is 2.55. The van der Waals surface area contributed by atoms with E-state index in [0.717, 1.165) is 49.2 Å². The second-order valence-corrected chi connectivity index (χ2v) is 10.0. The maximum absolute atomic E-state index is 13.0. The zero-order valence-corrected chi connectivity index (χ0v) is 17.7. The van der Waals surface area contributed by atoms with Gasteiger partial charge in [0, 0.05) is 31.7 Å². The number of amides is 1. The van der Waals surface area contributed by atoms with Gasteiger partial charge in [-0.05, 0) is 48.4 Å². The van der Waals surface area contributed by atoms with E-state index in [9.17, 15) is 13.2 Å². The van der Waals surface area contributed by atoms with Crippen molar-refractivity contribution in [2.24, 2.45) is 16.5 Å². The first-order chi connectivity index (χ1) is 14.9. The molecule has 1 aliphatic heterocycles. The number of hydrogen-bond acceptors (Lipinski definition) is 6. The Bertz CT molecular complexity index is 1250. The number of H-pyrrole nitrogens is 1. The molecule has 1 aromatic carbocycles. The molecule has 31 heavy (non-hydrogen) atoms. The highest BCUT2D eigenvalue weighted by atomic mass is 32.2. The van der Waals surface area contributed by atoms with Crippen LogP contribution in [0.2, 0.25) is 0 Å². The summed E-state index contributed by atoms with van der Waals surface area (Å²) in [5.41, 5.74) is 1.49. The smallest absolute Gasteiger partial charge is 0.238 e. The largest absolute Gasteiger partial charge is 0.355 e. The van der Waals surface area contributed by atoms with E-state index in [2.05, 4.69) is 25.2 Å². The number of benzene rings is 1. The Kier molecular flexibility index (Phi) is 4.71. The van der Waals surface area contributed by atoms with Crippen molar-refractivity contribution in [1.29, 1.82) is 0 Å². The average molecular weight is 441 g/mol. The van der Waals surface area contributed by atoms with Crippen LogP contribution >= 0.6 is 0 Å². The topological polar surface area (TPSA) is 134 Å². The van der Waals surface area contributed by atoms with Gasteiger partial charge in [-0.2, -0.15) is 0 Å². The highest BCUT2D eigenvalue weighted by Crippen LogP contribution is 2.56. The number of primary sulfonamides is 1. The van der Waals surface area contributed by atoms with Crippen LogP contribution in [0.15, 0.2) is 47.8 Å². The van der Waals surface area contributed by atoms with Gasteiger partial charge >= 0.3 is 0 Å². The molecule has 1 aliphatic carbocycles. The minimum atomic E-state index is -3.77. The minimum absolute atomic E-state index is 0.0210. The Balaban J connectivity index is 1.27. The van der Waals surface area contributed by atoms with Crippen LogP contribution in [-0.4, -0.2) is 42.4 Å². The zero-order valence-electron chi connectivity index (χ0n) is 16.9. The van der Waals surface area contributed by atoms with E-state index < -0.39 is 10.0 Å².